The number of benzene rings is 1. The third-order valence-electron chi connectivity index (χ3n) is 6.09. The van der Waals surface area contributed by atoms with Gasteiger partial charge in [0.1, 0.15) is 0 Å². The molecule has 0 radical (unpaired) electrons. The van der Waals surface area contributed by atoms with Crippen molar-refractivity contribution in [3.63, 3.8) is 0 Å². The highest BCUT2D eigenvalue weighted by atomic mass is 35.5. The average molecular weight is 433 g/mol. The van der Waals surface area contributed by atoms with E-state index in [1.165, 1.54) is 64.2 Å². The molecule has 5 nitrogen and oxygen atoms in total. The molecule has 2 aliphatic carbocycles. The number of aromatic nitrogens is 2. The molecule has 0 amide bonds. The lowest BCUT2D eigenvalue weighted by atomic mass is 9.94. The van der Waals surface area contributed by atoms with E-state index in [2.05, 4.69) is 20.4 Å². The number of nitrogens with one attached hydrogen (secondary N) is 1. The highest BCUT2D eigenvalue weighted by Crippen LogP contribution is 2.26. The fourth-order valence-corrected chi connectivity index (χ4v) is 4.95. The average Bonchev–Trinajstić information content (AvgIpc) is 3.22. The second-order valence-electron chi connectivity index (χ2n) is 8.22. The topological polar surface area (TPSA) is 54.2 Å². The van der Waals surface area contributed by atoms with Crippen LogP contribution in [0.1, 0.15) is 70.1 Å². The zero-order valence-electron chi connectivity index (χ0n) is 16.8. The van der Waals surface area contributed by atoms with Gasteiger partial charge >= 0.3 is 0 Å². The molecule has 0 spiro atoms. The maximum Gasteiger partial charge on any atom is 0.246 e. The van der Waals surface area contributed by atoms with Gasteiger partial charge in [-0.15, -0.1) is 0 Å². The summed E-state index contributed by atoms with van der Waals surface area (Å²) in [6, 6.07) is 8.43. The van der Waals surface area contributed by atoms with Gasteiger partial charge in [0.25, 0.3) is 0 Å². The third kappa shape index (κ3) is 5.48. The SMILES string of the molecule is S=C(NC1CCCCC1)N(Cc1nc(-c2ccc(Cl)cc2)no1)C1CCCCC1. The Bertz CT molecular complexity index is 797. The molecule has 7 heteroatoms. The highest BCUT2D eigenvalue weighted by Gasteiger charge is 2.27. The van der Waals surface area contributed by atoms with Gasteiger partial charge in [-0.05, 0) is 62.2 Å². The molecule has 0 atom stereocenters. The molecule has 0 saturated heterocycles. The van der Waals surface area contributed by atoms with Crippen LogP contribution in [0.4, 0.5) is 0 Å². The van der Waals surface area contributed by atoms with E-state index < -0.39 is 0 Å². The van der Waals surface area contributed by atoms with Crippen LogP contribution < -0.4 is 5.32 Å². The number of hydrogen-bond acceptors (Lipinski definition) is 4. The van der Waals surface area contributed by atoms with Crippen molar-refractivity contribution >= 4 is 28.9 Å². The summed E-state index contributed by atoms with van der Waals surface area (Å²) in [4.78, 5) is 6.92. The lowest BCUT2D eigenvalue weighted by Crippen LogP contribution is -2.49. The summed E-state index contributed by atoms with van der Waals surface area (Å²) in [7, 11) is 0. The smallest absolute Gasteiger partial charge is 0.246 e. The molecule has 1 N–H and O–H groups in total. The summed E-state index contributed by atoms with van der Waals surface area (Å²) < 4.78 is 5.59. The van der Waals surface area contributed by atoms with Gasteiger partial charge < -0.3 is 14.7 Å². The van der Waals surface area contributed by atoms with E-state index in [9.17, 15) is 0 Å². The van der Waals surface area contributed by atoms with E-state index >= 15 is 0 Å². The molecule has 29 heavy (non-hydrogen) atoms. The van der Waals surface area contributed by atoms with Gasteiger partial charge in [-0.1, -0.05) is 55.3 Å². The van der Waals surface area contributed by atoms with E-state index in [0.29, 0.717) is 35.4 Å². The van der Waals surface area contributed by atoms with Gasteiger partial charge in [0.15, 0.2) is 5.11 Å². The maximum absolute atomic E-state index is 5.98. The van der Waals surface area contributed by atoms with Crippen molar-refractivity contribution in [2.24, 2.45) is 0 Å². The molecular formula is C22H29ClN4OS. The monoisotopic (exact) mass is 432 g/mol. The highest BCUT2D eigenvalue weighted by molar-refractivity contribution is 7.80. The molecule has 1 aromatic carbocycles. The molecule has 2 aliphatic rings. The number of hydrogen-bond donors (Lipinski definition) is 1. The summed E-state index contributed by atoms with van der Waals surface area (Å²) in [6.07, 6.45) is 12.5. The standard InChI is InChI=1S/C22H29ClN4OS/c23-17-13-11-16(12-14-17)21-25-20(28-26-21)15-27(19-9-5-2-6-10-19)22(29)24-18-7-3-1-4-8-18/h11-14,18-19H,1-10,15H2,(H,24,29). The minimum Gasteiger partial charge on any atom is -0.360 e. The largest absolute Gasteiger partial charge is 0.360 e. The quantitative estimate of drug-likeness (QED) is 0.608. The van der Waals surface area contributed by atoms with Crippen LogP contribution >= 0.6 is 23.8 Å². The summed E-state index contributed by atoms with van der Waals surface area (Å²) in [6.45, 7) is 0.559. The second-order valence-corrected chi connectivity index (χ2v) is 9.05. The van der Waals surface area contributed by atoms with E-state index in [1.807, 2.05) is 24.3 Å². The van der Waals surface area contributed by atoms with Gasteiger partial charge in [-0.3, -0.25) is 0 Å². The number of thiocarbonyl (C=S) groups is 1. The first kappa shape index (κ1) is 20.6. The van der Waals surface area contributed by atoms with Gasteiger partial charge in [0.05, 0.1) is 6.54 Å². The van der Waals surface area contributed by atoms with Crippen LogP contribution in [0.2, 0.25) is 5.02 Å². The maximum atomic E-state index is 5.98. The van der Waals surface area contributed by atoms with Crippen molar-refractivity contribution in [3.8, 4) is 11.4 Å². The molecule has 2 fully saturated rings. The summed E-state index contributed by atoms with van der Waals surface area (Å²) in [5, 5.41) is 9.34. The Kier molecular flexibility index (Phi) is 7.03. The molecule has 4 rings (SSSR count). The van der Waals surface area contributed by atoms with E-state index in [4.69, 9.17) is 28.3 Å². The van der Waals surface area contributed by atoms with Gasteiger partial charge in [0, 0.05) is 22.7 Å². The predicted octanol–water partition coefficient (Wildman–Crippen LogP) is 5.73. The predicted molar refractivity (Wildman–Crippen MR) is 120 cm³/mol. The van der Waals surface area contributed by atoms with Crippen LogP contribution in [0, 0.1) is 0 Å². The molecule has 1 heterocycles. The van der Waals surface area contributed by atoms with Crippen molar-refractivity contribution in [2.45, 2.75) is 82.8 Å². The third-order valence-corrected chi connectivity index (χ3v) is 6.69. The Morgan fingerprint density at radius 2 is 1.69 bits per heavy atom. The van der Waals surface area contributed by atoms with Crippen LogP contribution in [0.3, 0.4) is 0 Å². The van der Waals surface area contributed by atoms with Crippen LogP contribution in [0.25, 0.3) is 11.4 Å². The molecule has 2 aromatic rings. The van der Waals surface area contributed by atoms with Crippen LogP contribution in [-0.2, 0) is 6.54 Å². The molecule has 2 saturated carbocycles. The Morgan fingerprint density at radius 1 is 1.03 bits per heavy atom. The Balaban J connectivity index is 1.47. The summed E-state index contributed by atoms with van der Waals surface area (Å²) in [5.74, 6) is 1.19. The van der Waals surface area contributed by atoms with Crippen molar-refractivity contribution in [2.75, 3.05) is 0 Å². The molecule has 0 aliphatic heterocycles. The minimum absolute atomic E-state index is 0.443. The van der Waals surface area contributed by atoms with Crippen molar-refractivity contribution in [1.82, 2.24) is 20.4 Å². The van der Waals surface area contributed by atoms with E-state index in [1.54, 1.807) is 0 Å². The fourth-order valence-electron chi connectivity index (χ4n) is 4.44. The van der Waals surface area contributed by atoms with Crippen LogP contribution in [0.5, 0.6) is 0 Å². The molecule has 156 valence electrons. The second kappa shape index (κ2) is 9.90. The Labute approximate surface area is 183 Å². The lowest BCUT2D eigenvalue weighted by Gasteiger charge is -2.37. The van der Waals surface area contributed by atoms with E-state index in [0.717, 1.165) is 10.7 Å². The van der Waals surface area contributed by atoms with Gasteiger partial charge in [-0.2, -0.15) is 4.98 Å². The van der Waals surface area contributed by atoms with Crippen molar-refractivity contribution < 1.29 is 4.52 Å². The zero-order valence-corrected chi connectivity index (χ0v) is 18.4. The Hall–Kier alpha value is -1.66. The van der Waals surface area contributed by atoms with Crippen molar-refractivity contribution in [1.29, 1.82) is 0 Å². The Morgan fingerprint density at radius 3 is 2.38 bits per heavy atom. The zero-order chi connectivity index (χ0) is 20.1. The molecule has 0 unspecified atom stereocenters. The number of halogens is 1. The fraction of sp³-hybridized carbons (Fsp3) is 0.591. The molecule has 0 bridgehead atoms. The summed E-state index contributed by atoms with van der Waals surface area (Å²) in [5.41, 5.74) is 0.900. The first-order valence-corrected chi connectivity index (χ1v) is 11.6. The van der Waals surface area contributed by atoms with Crippen LogP contribution in [-0.4, -0.2) is 32.2 Å². The molecular weight excluding hydrogens is 404 g/mol. The number of rotatable bonds is 5. The summed E-state index contributed by atoms with van der Waals surface area (Å²) >= 11 is 11.8. The van der Waals surface area contributed by atoms with E-state index in [-0.39, 0.29) is 0 Å². The molecule has 1 aromatic heterocycles. The van der Waals surface area contributed by atoms with Gasteiger partial charge in [-0.25, -0.2) is 0 Å². The first-order valence-electron chi connectivity index (χ1n) is 10.8. The number of nitrogens with zero attached hydrogens (tertiary/aromatic N) is 3. The van der Waals surface area contributed by atoms with Crippen molar-refractivity contribution in [3.05, 3.63) is 35.2 Å². The normalized spacial score (nSPS) is 18.5. The van der Waals surface area contributed by atoms with Gasteiger partial charge in [0.2, 0.25) is 11.7 Å². The lowest BCUT2D eigenvalue weighted by molar-refractivity contribution is 0.208. The minimum atomic E-state index is 0.443. The first-order chi connectivity index (χ1) is 14.2. The van der Waals surface area contributed by atoms with Crippen LogP contribution in [0.15, 0.2) is 28.8 Å².